The summed E-state index contributed by atoms with van der Waals surface area (Å²) in [5.41, 5.74) is 2.01. The maximum atomic E-state index is 12.6. The van der Waals surface area contributed by atoms with Crippen molar-refractivity contribution in [3.05, 3.63) is 24.2 Å². The van der Waals surface area contributed by atoms with Crippen molar-refractivity contribution in [3.63, 3.8) is 0 Å². The van der Waals surface area contributed by atoms with E-state index in [4.69, 9.17) is 9.84 Å². The van der Waals surface area contributed by atoms with Crippen LogP contribution in [0.5, 0.6) is 0 Å². The molecule has 5 rings (SSSR count). The van der Waals surface area contributed by atoms with Gasteiger partial charge in [0, 0.05) is 42.6 Å². The summed E-state index contributed by atoms with van der Waals surface area (Å²) in [5.74, 6) is 0. The van der Waals surface area contributed by atoms with Crippen LogP contribution in [0.15, 0.2) is 18.5 Å². The van der Waals surface area contributed by atoms with E-state index >= 15 is 0 Å². The van der Waals surface area contributed by atoms with Gasteiger partial charge in [0.1, 0.15) is 5.60 Å². The monoisotopic (exact) mass is 384 g/mol. The minimum atomic E-state index is -0.455. The quantitative estimate of drug-likeness (QED) is 0.769. The summed E-state index contributed by atoms with van der Waals surface area (Å²) in [6, 6.07) is 1.99. The Kier molecular flexibility index (Phi) is 4.43. The maximum absolute atomic E-state index is 12.6. The van der Waals surface area contributed by atoms with Crippen LogP contribution in [0, 0.1) is 12.3 Å². The van der Waals surface area contributed by atoms with Crippen LogP contribution in [0.1, 0.15) is 65.0 Å². The summed E-state index contributed by atoms with van der Waals surface area (Å²) in [6.45, 7) is 8.87. The molecule has 0 atom stereocenters. The third-order valence-electron chi connectivity index (χ3n) is 7.03. The summed E-state index contributed by atoms with van der Waals surface area (Å²) in [4.78, 5) is 18.8. The molecule has 3 aliphatic rings. The number of rotatable bonds is 3. The molecule has 2 aromatic heterocycles. The Morgan fingerprint density at radius 3 is 2.43 bits per heavy atom. The second-order valence-corrected chi connectivity index (χ2v) is 9.90. The fourth-order valence-corrected chi connectivity index (χ4v) is 5.08. The minimum Gasteiger partial charge on any atom is -0.444 e. The number of nitrogens with zero attached hydrogens (tertiary/aromatic N) is 4. The topological polar surface area (TPSA) is 60.2 Å². The van der Waals surface area contributed by atoms with E-state index in [1.807, 2.05) is 45.0 Å². The molecule has 3 aliphatic carbocycles. The first-order valence-corrected chi connectivity index (χ1v) is 10.4. The fraction of sp³-hybridized carbons (Fsp3) is 0.682. The van der Waals surface area contributed by atoms with Crippen molar-refractivity contribution in [2.24, 2.45) is 5.41 Å². The highest BCUT2D eigenvalue weighted by molar-refractivity contribution is 5.80. The molecule has 3 saturated carbocycles. The van der Waals surface area contributed by atoms with E-state index in [2.05, 4.69) is 16.6 Å². The summed E-state index contributed by atoms with van der Waals surface area (Å²) in [6.07, 6.45) is 10.1. The first kappa shape index (κ1) is 19.2. The number of aryl methyl sites for hydroxylation is 1. The van der Waals surface area contributed by atoms with Gasteiger partial charge in [0.2, 0.25) is 0 Å². The van der Waals surface area contributed by atoms with E-state index in [1.54, 1.807) is 6.20 Å². The molecule has 0 spiro atoms. The van der Waals surface area contributed by atoms with Gasteiger partial charge >= 0.3 is 6.09 Å². The summed E-state index contributed by atoms with van der Waals surface area (Å²) < 4.78 is 7.82. The van der Waals surface area contributed by atoms with Crippen LogP contribution >= 0.6 is 0 Å². The minimum absolute atomic E-state index is 0.0438. The lowest BCUT2D eigenvalue weighted by molar-refractivity contribution is -0.0605. The van der Waals surface area contributed by atoms with Crippen LogP contribution in [-0.2, 0) is 11.3 Å². The van der Waals surface area contributed by atoms with Crippen LogP contribution < -0.4 is 0 Å². The number of hydrogen-bond donors (Lipinski definition) is 0. The van der Waals surface area contributed by atoms with Crippen LogP contribution in [-0.4, -0.2) is 43.9 Å². The van der Waals surface area contributed by atoms with Gasteiger partial charge in [0.25, 0.3) is 0 Å². The molecule has 2 bridgehead atoms. The predicted molar refractivity (Wildman–Crippen MR) is 109 cm³/mol. The van der Waals surface area contributed by atoms with E-state index in [-0.39, 0.29) is 17.0 Å². The molecule has 2 aromatic rings. The molecule has 152 valence electrons. The van der Waals surface area contributed by atoms with Gasteiger partial charge in [-0.15, -0.1) is 0 Å². The lowest BCUT2D eigenvalue weighted by atomic mass is 9.57. The van der Waals surface area contributed by atoms with Crippen LogP contribution in [0.25, 0.3) is 10.9 Å². The molecule has 0 unspecified atom stereocenters. The summed E-state index contributed by atoms with van der Waals surface area (Å²) >= 11 is 0. The number of aromatic nitrogens is 3. The third-order valence-corrected chi connectivity index (χ3v) is 7.03. The van der Waals surface area contributed by atoms with Gasteiger partial charge in [-0.1, -0.05) is 0 Å². The Labute approximate surface area is 167 Å². The Balaban J connectivity index is 1.48. The molecule has 1 amide bonds. The maximum Gasteiger partial charge on any atom is 0.410 e. The normalized spacial score (nSPS) is 27.2. The smallest absolute Gasteiger partial charge is 0.410 e. The highest BCUT2D eigenvalue weighted by atomic mass is 16.6. The molecule has 0 aliphatic heterocycles. The largest absolute Gasteiger partial charge is 0.444 e. The highest BCUT2D eigenvalue weighted by Crippen LogP contribution is 2.55. The number of fused-ring (bicyclic) bond motifs is 4. The number of carbonyl (C=O) groups excluding carboxylic acids is 1. The average Bonchev–Trinajstić information content (AvgIpc) is 2.97. The molecule has 6 nitrogen and oxygen atoms in total. The zero-order chi connectivity index (χ0) is 20.2. The summed E-state index contributed by atoms with van der Waals surface area (Å²) in [5, 5.41) is 5.97. The van der Waals surface area contributed by atoms with E-state index < -0.39 is 5.60 Å². The summed E-state index contributed by atoms with van der Waals surface area (Å²) in [7, 11) is 1.92. The molecule has 6 heteroatoms. The van der Waals surface area contributed by atoms with E-state index in [9.17, 15) is 4.79 Å². The molecule has 28 heavy (non-hydrogen) atoms. The van der Waals surface area contributed by atoms with Gasteiger partial charge in [-0.2, -0.15) is 5.10 Å². The van der Waals surface area contributed by atoms with Gasteiger partial charge in [0.15, 0.2) is 0 Å². The van der Waals surface area contributed by atoms with E-state index in [0.29, 0.717) is 0 Å². The molecule has 3 fully saturated rings. The van der Waals surface area contributed by atoms with Gasteiger partial charge in [0.05, 0.1) is 5.52 Å². The molecule has 0 N–H and O–H groups in total. The average molecular weight is 385 g/mol. The lowest BCUT2D eigenvalue weighted by Crippen LogP contribution is -2.58. The number of hydrogen-bond acceptors (Lipinski definition) is 4. The molecule has 0 saturated heterocycles. The lowest BCUT2D eigenvalue weighted by Gasteiger charge is -2.56. The van der Waals surface area contributed by atoms with Gasteiger partial charge in [-0.25, -0.2) is 4.79 Å². The standard InChI is InChI=1S/C22H32N4O2/c1-16-17-14-23-13-6-18(17)24-26(16)15-21-7-10-22(11-8-21,12-9-21)25(5)19(27)28-20(2,3)4/h6,13-14H,7-12,15H2,1-5H3. The number of ether oxygens (including phenoxy) is 1. The fourth-order valence-electron chi connectivity index (χ4n) is 5.08. The van der Waals surface area contributed by atoms with Gasteiger partial charge < -0.3 is 9.64 Å². The Morgan fingerprint density at radius 1 is 1.21 bits per heavy atom. The van der Waals surface area contributed by atoms with Crippen LogP contribution in [0.3, 0.4) is 0 Å². The van der Waals surface area contributed by atoms with Gasteiger partial charge in [-0.3, -0.25) is 9.67 Å². The van der Waals surface area contributed by atoms with Gasteiger partial charge in [-0.05, 0) is 77.7 Å². The molecular weight excluding hydrogens is 352 g/mol. The second kappa shape index (κ2) is 6.46. The SMILES string of the molecule is Cc1c2cnccc2nn1CC12CCC(N(C)C(=O)OC(C)(C)C)(CC1)CC2. The number of carbonyl (C=O) groups is 1. The first-order chi connectivity index (χ1) is 13.1. The molecule has 0 radical (unpaired) electrons. The van der Waals surface area contributed by atoms with Crippen molar-refractivity contribution < 1.29 is 9.53 Å². The number of amides is 1. The third kappa shape index (κ3) is 3.27. The Morgan fingerprint density at radius 2 is 1.86 bits per heavy atom. The van der Waals surface area contributed by atoms with Crippen molar-refractivity contribution >= 4 is 17.0 Å². The van der Waals surface area contributed by atoms with Crippen LogP contribution in [0.4, 0.5) is 4.79 Å². The zero-order valence-corrected chi connectivity index (χ0v) is 17.8. The van der Waals surface area contributed by atoms with Crippen molar-refractivity contribution in [1.29, 1.82) is 0 Å². The highest BCUT2D eigenvalue weighted by Gasteiger charge is 2.52. The Hall–Kier alpha value is -2.11. The second-order valence-electron chi connectivity index (χ2n) is 9.90. The molecular formula is C22H32N4O2. The first-order valence-electron chi connectivity index (χ1n) is 10.4. The van der Waals surface area contributed by atoms with Crippen molar-refractivity contribution in [2.45, 2.75) is 83.9 Å². The number of pyridine rings is 1. The van der Waals surface area contributed by atoms with Crippen molar-refractivity contribution in [2.75, 3.05) is 7.05 Å². The Bertz CT molecular complexity index is 871. The van der Waals surface area contributed by atoms with E-state index in [0.717, 1.165) is 56.0 Å². The van der Waals surface area contributed by atoms with Crippen LogP contribution in [0.2, 0.25) is 0 Å². The van der Waals surface area contributed by atoms with E-state index in [1.165, 1.54) is 5.69 Å². The predicted octanol–water partition coefficient (Wildman–Crippen LogP) is 4.70. The molecule has 2 heterocycles. The van der Waals surface area contributed by atoms with Crippen molar-refractivity contribution in [3.8, 4) is 0 Å². The zero-order valence-electron chi connectivity index (χ0n) is 17.8. The molecule has 0 aromatic carbocycles. The van der Waals surface area contributed by atoms with Crippen molar-refractivity contribution in [1.82, 2.24) is 19.7 Å².